The van der Waals surface area contributed by atoms with E-state index in [0.717, 1.165) is 11.1 Å². The van der Waals surface area contributed by atoms with Crippen molar-refractivity contribution in [2.45, 2.75) is 13.8 Å². The number of aliphatic hydroxyl groups is 1. The summed E-state index contributed by atoms with van der Waals surface area (Å²) in [6.07, 6.45) is 3.78. The number of hydrogen-bond acceptors (Lipinski definition) is 5. The third-order valence-corrected chi connectivity index (χ3v) is 5.20. The second-order valence-electron chi connectivity index (χ2n) is 5.76. The van der Waals surface area contributed by atoms with Crippen LogP contribution in [0.4, 0.5) is 0 Å². The van der Waals surface area contributed by atoms with Gasteiger partial charge < -0.3 is 10.0 Å². The van der Waals surface area contributed by atoms with Crippen LogP contribution in [0, 0.1) is 0 Å². The lowest BCUT2D eigenvalue weighted by atomic mass is 10.1. The fourth-order valence-electron chi connectivity index (χ4n) is 2.51. The van der Waals surface area contributed by atoms with Crippen LogP contribution in [0.2, 0.25) is 0 Å². The molecule has 1 aromatic rings. The van der Waals surface area contributed by atoms with Crippen LogP contribution in [0.5, 0.6) is 0 Å². The van der Waals surface area contributed by atoms with E-state index >= 15 is 0 Å². The van der Waals surface area contributed by atoms with Crippen LogP contribution in [-0.2, 0) is 9.59 Å². The van der Waals surface area contributed by atoms with Gasteiger partial charge in [0.15, 0.2) is 0 Å². The summed E-state index contributed by atoms with van der Waals surface area (Å²) in [7, 11) is 0. The molecule has 0 atom stereocenters. The number of thioether (sulfide) groups is 1. The first-order valence-corrected chi connectivity index (χ1v) is 9.56. The van der Waals surface area contributed by atoms with Gasteiger partial charge in [-0.3, -0.25) is 14.5 Å². The zero-order chi connectivity index (χ0) is 19.1. The van der Waals surface area contributed by atoms with Crippen molar-refractivity contribution in [3.8, 4) is 0 Å². The minimum absolute atomic E-state index is 0.0999. The Bertz CT molecular complexity index is 744. The molecule has 26 heavy (non-hydrogen) atoms. The van der Waals surface area contributed by atoms with Crippen LogP contribution < -0.4 is 0 Å². The Balaban J connectivity index is 2.10. The van der Waals surface area contributed by atoms with Crippen LogP contribution in [0.25, 0.3) is 6.08 Å². The highest BCUT2D eigenvalue weighted by atomic mass is 32.2. The maximum atomic E-state index is 12.6. The molecule has 0 bridgehead atoms. The summed E-state index contributed by atoms with van der Waals surface area (Å²) in [6.45, 7) is 4.26. The Hall–Kier alpha value is -1.96. The zero-order valence-electron chi connectivity index (χ0n) is 14.8. The first-order valence-electron chi connectivity index (χ1n) is 8.33. The van der Waals surface area contributed by atoms with E-state index < -0.39 is 0 Å². The van der Waals surface area contributed by atoms with E-state index in [0.29, 0.717) is 15.8 Å². The van der Waals surface area contributed by atoms with E-state index in [1.54, 1.807) is 6.08 Å². The van der Waals surface area contributed by atoms with Crippen molar-refractivity contribution in [1.82, 2.24) is 9.80 Å². The number of allylic oxidation sites excluding steroid dienone is 2. The van der Waals surface area contributed by atoms with E-state index in [4.69, 9.17) is 17.3 Å². The van der Waals surface area contributed by atoms with Gasteiger partial charge >= 0.3 is 0 Å². The number of amides is 2. The lowest BCUT2D eigenvalue weighted by molar-refractivity contribution is -0.135. The molecule has 0 aliphatic carbocycles. The lowest BCUT2D eigenvalue weighted by Gasteiger charge is -2.22. The van der Waals surface area contributed by atoms with Gasteiger partial charge in [0, 0.05) is 13.1 Å². The van der Waals surface area contributed by atoms with E-state index in [2.05, 4.69) is 0 Å². The molecular formula is C19H22N2O3S2. The first-order chi connectivity index (χ1) is 12.5. The Morgan fingerprint density at radius 3 is 2.65 bits per heavy atom. The molecule has 1 aliphatic rings. The molecule has 7 heteroatoms. The van der Waals surface area contributed by atoms with Gasteiger partial charge in [0.25, 0.3) is 5.91 Å². The number of aliphatic hydroxyl groups excluding tert-OH is 1. The van der Waals surface area contributed by atoms with Gasteiger partial charge in [-0.1, -0.05) is 60.4 Å². The topological polar surface area (TPSA) is 60.9 Å². The Kier molecular flexibility index (Phi) is 7.56. The summed E-state index contributed by atoms with van der Waals surface area (Å²) >= 11 is 6.47. The fourth-order valence-corrected chi connectivity index (χ4v) is 3.82. The Morgan fingerprint density at radius 2 is 2.04 bits per heavy atom. The van der Waals surface area contributed by atoms with E-state index in [1.165, 1.54) is 21.6 Å². The van der Waals surface area contributed by atoms with Crippen molar-refractivity contribution in [3.05, 3.63) is 52.4 Å². The van der Waals surface area contributed by atoms with Gasteiger partial charge in [-0.25, -0.2) is 0 Å². The summed E-state index contributed by atoms with van der Waals surface area (Å²) in [6, 6.07) is 9.83. The average molecular weight is 391 g/mol. The molecule has 1 saturated heterocycles. The van der Waals surface area contributed by atoms with Crippen LogP contribution in [-0.4, -0.2) is 57.3 Å². The number of carbonyl (C=O) groups is 2. The van der Waals surface area contributed by atoms with Crippen molar-refractivity contribution in [2.24, 2.45) is 0 Å². The minimum Gasteiger partial charge on any atom is -0.395 e. The Morgan fingerprint density at radius 1 is 1.35 bits per heavy atom. The molecule has 1 fully saturated rings. The highest BCUT2D eigenvalue weighted by Gasteiger charge is 2.34. The molecule has 1 heterocycles. The largest absolute Gasteiger partial charge is 0.395 e. The number of carbonyl (C=O) groups excluding carboxylic acids is 2. The number of hydrogen-bond donors (Lipinski definition) is 1. The highest BCUT2D eigenvalue weighted by molar-refractivity contribution is 8.26. The van der Waals surface area contributed by atoms with Crippen LogP contribution >= 0.6 is 24.0 Å². The van der Waals surface area contributed by atoms with Gasteiger partial charge in [-0.15, -0.1) is 0 Å². The highest BCUT2D eigenvalue weighted by Crippen LogP contribution is 2.32. The molecule has 0 spiro atoms. The minimum atomic E-state index is -0.255. The lowest BCUT2D eigenvalue weighted by Crippen LogP contribution is -2.43. The van der Waals surface area contributed by atoms with Crippen LogP contribution in [0.3, 0.4) is 0 Å². The summed E-state index contributed by atoms with van der Waals surface area (Å²) < 4.78 is 0.377. The molecule has 2 amide bonds. The van der Waals surface area contributed by atoms with Gasteiger partial charge in [0.05, 0.1) is 11.5 Å². The molecule has 0 saturated carbocycles. The third-order valence-electron chi connectivity index (χ3n) is 3.82. The summed E-state index contributed by atoms with van der Waals surface area (Å²) in [5, 5.41) is 9.02. The number of thiocarbonyl (C=S) groups is 1. The first kappa shape index (κ1) is 20.4. The Labute approximate surface area is 163 Å². The van der Waals surface area contributed by atoms with Crippen LogP contribution in [0.15, 0.2) is 46.9 Å². The normalized spacial score (nSPS) is 16.5. The molecule has 0 aromatic heterocycles. The molecular weight excluding hydrogens is 368 g/mol. The molecule has 5 nitrogen and oxygen atoms in total. The van der Waals surface area contributed by atoms with Crippen LogP contribution in [0.1, 0.15) is 19.4 Å². The quantitative estimate of drug-likeness (QED) is 0.573. The number of benzene rings is 1. The van der Waals surface area contributed by atoms with E-state index in [1.807, 2.05) is 50.3 Å². The molecule has 0 unspecified atom stereocenters. The summed E-state index contributed by atoms with van der Waals surface area (Å²) in [5.74, 6) is -0.482. The third kappa shape index (κ3) is 5.27. The number of likely N-dealkylation sites (N-methyl/N-ethyl adjacent to an activating group) is 1. The smallest absolute Gasteiger partial charge is 0.266 e. The van der Waals surface area contributed by atoms with Crippen molar-refractivity contribution in [2.75, 3.05) is 26.2 Å². The number of rotatable bonds is 7. The number of nitrogens with zero attached hydrogens (tertiary/aromatic N) is 2. The maximum Gasteiger partial charge on any atom is 0.266 e. The predicted molar refractivity (Wildman–Crippen MR) is 109 cm³/mol. The second kappa shape index (κ2) is 9.66. The molecule has 1 aromatic carbocycles. The fraction of sp³-hybridized carbons (Fsp3) is 0.316. The van der Waals surface area contributed by atoms with Crippen molar-refractivity contribution < 1.29 is 14.7 Å². The predicted octanol–water partition coefficient (Wildman–Crippen LogP) is 2.67. The van der Waals surface area contributed by atoms with E-state index in [9.17, 15) is 9.59 Å². The monoisotopic (exact) mass is 390 g/mol. The van der Waals surface area contributed by atoms with Gasteiger partial charge in [0.2, 0.25) is 5.91 Å². The maximum absolute atomic E-state index is 12.6. The van der Waals surface area contributed by atoms with Gasteiger partial charge in [0.1, 0.15) is 10.9 Å². The second-order valence-corrected chi connectivity index (χ2v) is 7.44. The standard InChI is InChI=1S/C19H22N2O3S2/c1-3-20(9-10-22)17(23)13-21-18(24)16(26-19(21)25)12-14(2)11-15-7-5-4-6-8-15/h4-8,11-12,22H,3,9-10,13H2,1-2H3. The van der Waals surface area contributed by atoms with Gasteiger partial charge in [-0.05, 0) is 31.1 Å². The molecule has 1 N–H and O–H groups in total. The van der Waals surface area contributed by atoms with E-state index in [-0.39, 0.29) is 31.5 Å². The molecule has 0 radical (unpaired) electrons. The summed E-state index contributed by atoms with van der Waals surface area (Å²) in [5.41, 5.74) is 1.98. The average Bonchev–Trinajstić information content (AvgIpc) is 2.87. The molecule has 138 valence electrons. The van der Waals surface area contributed by atoms with Crippen molar-refractivity contribution in [1.29, 1.82) is 0 Å². The molecule has 2 rings (SSSR count). The molecule has 1 aliphatic heterocycles. The van der Waals surface area contributed by atoms with Crippen molar-refractivity contribution in [3.63, 3.8) is 0 Å². The van der Waals surface area contributed by atoms with Crippen molar-refractivity contribution >= 4 is 46.2 Å². The SMILES string of the molecule is CCN(CCO)C(=O)CN1C(=O)C(=CC(C)=Cc2ccccc2)SC1=S. The van der Waals surface area contributed by atoms with Gasteiger partial charge in [-0.2, -0.15) is 0 Å². The summed E-state index contributed by atoms with van der Waals surface area (Å²) in [4.78, 5) is 28.3. The zero-order valence-corrected chi connectivity index (χ0v) is 16.5.